The molecule has 0 spiro atoms. The summed E-state index contributed by atoms with van der Waals surface area (Å²) in [5.41, 5.74) is 0.335. The van der Waals surface area contributed by atoms with Crippen molar-refractivity contribution in [3.05, 3.63) is 24.0 Å². The van der Waals surface area contributed by atoms with E-state index in [0.29, 0.717) is 5.56 Å². The number of aromatic nitrogens is 1. The maximum absolute atomic E-state index is 12.3. The fourth-order valence-electron chi connectivity index (χ4n) is 1.09. The zero-order valence-electron chi connectivity index (χ0n) is 9.12. The van der Waals surface area contributed by atoms with Crippen molar-refractivity contribution < 1.29 is 21.6 Å². The van der Waals surface area contributed by atoms with E-state index in [-0.39, 0.29) is 4.90 Å². The Morgan fingerprint density at radius 3 is 2.47 bits per heavy atom. The van der Waals surface area contributed by atoms with Gasteiger partial charge in [0.1, 0.15) is 10.9 Å². The zero-order chi connectivity index (χ0) is 13.3. The van der Waals surface area contributed by atoms with Crippen LogP contribution in [-0.4, -0.2) is 25.6 Å². The van der Waals surface area contributed by atoms with E-state index in [9.17, 15) is 21.6 Å². The van der Waals surface area contributed by atoms with Crippen molar-refractivity contribution in [1.29, 1.82) is 0 Å². The lowest BCUT2D eigenvalue weighted by Gasteiger charge is -2.17. The molecule has 0 aromatic carbocycles. The molecule has 4 nitrogen and oxygen atoms in total. The molecule has 1 rings (SSSR count). The number of nitrogens with zero attached hydrogens (tertiary/aromatic N) is 1. The minimum atomic E-state index is -4.62. The van der Waals surface area contributed by atoms with Gasteiger partial charge in [-0.3, -0.25) is 4.98 Å². The normalized spacial score (nSPS) is 14.6. The van der Waals surface area contributed by atoms with E-state index in [4.69, 9.17) is 0 Å². The van der Waals surface area contributed by atoms with E-state index in [2.05, 4.69) is 4.98 Å². The second-order valence-corrected chi connectivity index (χ2v) is 5.21. The molecule has 0 amide bonds. The molecule has 0 radical (unpaired) electrons. The van der Waals surface area contributed by atoms with Gasteiger partial charge < -0.3 is 0 Å². The summed E-state index contributed by atoms with van der Waals surface area (Å²) in [5, 5.41) is 0. The smallest absolute Gasteiger partial charge is 0.263 e. The highest BCUT2D eigenvalue weighted by atomic mass is 32.2. The highest BCUT2D eigenvalue weighted by Gasteiger charge is 2.39. The summed E-state index contributed by atoms with van der Waals surface area (Å²) in [6.07, 6.45) is -2.24. The van der Waals surface area contributed by atoms with Crippen molar-refractivity contribution in [3.63, 3.8) is 0 Å². The fraction of sp³-hybridized carbons (Fsp3) is 0.444. The number of alkyl halides is 3. The summed E-state index contributed by atoms with van der Waals surface area (Å²) in [6.45, 7) is 2.22. The third-order valence-electron chi connectivity index (χ3n) is 2.10. The van der Waals surface area contributed by atoms with Gasteiger partial charge in [-0.25, -0.2) is 8.42 Å². The minimum absolute atomic E-state index is 0.254. The molecule has 8 heteroatoms. The lowest BCUT2D eigenvalue weighted by Crippen LogP contribution is -2.43. The average molecular weight is 268 g/mol. The average Bonchev–Trinajstić information content (AvgIpc) is 2.15. The van der Waals surface area contributed by atoms with Crippen molar-refractivity contribution in [3.8, 4) is 0 Å². The first-order chi connectivity index (χ1) is 7.64. The van der Waals surface area contributed by atoms with Crippen LogP contribution >= 0.6 is 0 Å². The van der Waals surface area contributed by atoms with Gasteiger partial charge >= 0.3 is 6.18 Å². The lowest BCUT2D eigenvalue weighted by atomic mass is 10.3. The number of hydrogen-bond acceptors (Lipinski definition) is 3. The molecule has 96 valence electrons. The van der Waals surface area contributed by atoms with Gasteiger partial charge in [0, 0.05) is 12.4 Å². The SMILES string of the molecule is Cc1ccncc1S(=O)(=O)N[C@H](C)C(F)(F)F. The summed E-state index contributed by atoms with van der Waals surface area (Å²) in [4.78, 5) is 3.33. The highest BCUT2D eigenvalue weighted by molar-refractivity contribution is 7.89. The predicted molar refractivity (Wildman–Crippen MR) is 54.8 cm³/mol. The molecular formula is C9H11F3N2O2S. The van der Waals surface area contributed by atoms with E-state index in [1.165, 1.54) is 19.2 Å². The zero-order valence-corrected chi connectivity index (χ0v) is 9.93. The van der Waals surface area contributed by atoms with Crippen molar-refractivity contribution >= 4 is 10.0 Å². The van der Waals surface area contributed by atoms with E-state index in [1.54, 1.807) is 4.72 Å². The van der Waals surface area contributed by atoms with Crippen LogP contribution in [0.25, 0.3) is 0 Å². The van der Waals surface area contributed by atoms with Crippen LogP contribution in [0.3, 0.4) is 0 Å². The molecule has 0 saturated carbocycles. The van der Waals surface area contributed by atoms with E-state index >= 15 is 0 Å². The van der Waals surface area contributed by atoms with Crippen LogP contribution in [0.2, 0.25) is 0 Å². The first kappa shape index (κ1) is 13.9. The Balaban J connectivity index is 3.03. The number of pyridine rings is 1. The van der Waals surface area contributed by atoms with E-state index in [1.807, 2.05) is 0 Å². The molecule has 1 N–H and O–H groups in total. The van der Waals surface area contributed by atoms with Crippen molar-refractivity contribution in [1.82, 2.24) is 9.71 Å². The number of sulfonamides is 1. The monoisotopic (exact) mass is 268 g/mol. The molecule has 1 heterocycles. The summed E-state index contributed by atoms with van der Waals surface area (Å²) in [7, 11) is -4.21. The number of nitrogens with one attached hydrogen (secondary N) is 1. The van der Waals surface area contributed by atoms with Crippen LogP contribution in [0.1, 0.15) is 12.5 Å². The summed E-state index contributed by atoms with van der Waals surface area (Å²) >= 11 is 0. The van der Waals surface area contributed by atoms with Gasteiger partial charge in [0.25, 0.3) is 0 Å². The van der Waals surface area contributed by atoms with Crippen LogP contribution in [0.4, 0.5) is 13.2 Å². The van der Waals surface area contributed by atoms with Gasteiger partial charge in [0.2, 0.25) is 10.0 Å². The minimum Gasteiger partial charge on any atom is -0.263 e. The maximum atomic E-state index is 12.3. The molecule has 0 saturated heterocycles. The van der Waals surface area contributed by atoms with Gasteiger partial charge in [0.05, 0.1) is 0 Å². The third kappa shape index (κ3) is 3.40. The van der Waals surface area contributed by atoms with Crippen molar-refractivity contribution in [2.75, 3.05) is 0 Å². The first-order valence-corrected chi connectivity index (χ1v) is 6.12. The van der Waals surface area contributed by atoms with Crippen LogP contribution in [0, 0.1) is 6.92 Å². The Kier molecular flexibility index (Phi) is 3.78. The van der Waals surface area contributed by atoms with Gasteiger partial charge in [-0.1, -0.05) is 0 Å². The third-order valence-corrected chi connectivity index (χ3v) is 3.77. The molecule has 0 bridgehead atoms. The van der Waals surface area contributed by atoms with Crippen LogP contribution in [0.5, 0.6) is 0 Å². The number of hydrogen-bond donors (Lipinski definition) is 1. The molecule has 1 aromatic heterocycles. The molecule has 17 heavy (non-hydrogen) atoms. The molecule has 0 fully saturated rings. The van der Waals surface area contributed by atoms with Gasteiger partial charge in [-0.2, -0.15) is 17.9 Å². The van der Waals surface area contributed by atoms with E-state index < -0.39 is 22.2 Å². The van der Waals surface area contributed by atoms with Crippen LogP contribution in [0.15, 0.2) is 23.4 Å². The Hall–Kier alpha value is -1.15. The second-order valence-electron chi connectivity index (χ2n) is 3.53. The first-order valence-electron chi connectivity index (χ1n) is 4.64. The van der Waals surface area contributed by atoms with Gasteiger partial charge in [-0.15, -0.1) is 0 Å². The number of rotatable bonds is 3. The summed E-state index contributed by atoms with van der Waals surface area (Å²) in [6, 6.07) is -0.737. The lowest BCUT2D eigenvalue weighted by molar-refractivity contribution is -0.147. The van der Waals surface area contributed by atoms with Crippen molar-refractivity contribution in [2.45, 2.75) is 31.0 Å². The van der Waals surface area contributed by atoms with E-state index in [0.717, 1.165) is 13.1 Å². The quantitative estimate of drug-likeness (QED) is 0.906. The number of halogens is 3. The Bertz CT molecular complexity index is 499. The number of aryl methyl sites for hydroxylation is 1. The molecule has 0 aliphatic heterocycles. The molecule has 1 atom stereocenters. The Labute approximate surface area is 96.9 Å². The second kappa shape index (κ2) is 4.61. The maximum Gasteiger partial charge on any atom is 0.404 e. The highest BCUT2D eigenvalue weighted by Crippen LogP contribution is 2.22. The molecule has 0 unspecified atom stereocenters. The van der Waals surface area contributed by atoms with Crippen molar-refractivity contribution in [2.24, 2.45) is 0 Å². The Morgan fingerprint density at radius 2 is 2.00 bits per heavy atom. The molecule has 0 aliphatic carbocycles. The van der Waals surface area contributed by atoms with Crippen LogP contribution in [-0.2, 0) is 10.0 Å². The molecular weight excluding hydrogens is 257 g/mol. The molecule has 0 aliphatic rings. The summed E-state index contributed by atoms with van der Waals surface area (Å²) in [5.74, 6) is 0. The topological polar surface area (TPSA) is 59.1 Å². The molecule has 1 aromatic rings. The largest absolute Gasteiger partial charge is 0.404 e. The Morgan fingerprint density at radius 1 is 1.41 bits per heavy atom. The van der Waals surface area contributed by atoms with Gasteiger partial charge in [0.15, 0.2) is 0 Å². The predicted octanol–water partition coefficient (Wildman–Crippen LogP) is 1.62. The summed E-state index contributed by atoms with van der Waals surface area (Å²) < 4.78 is 61.6. The fourth-order valence-corrected chi connectivity index (χ4v) is 2.51. The van der Waals surface area contributed by atoms with Gasteiger partial charge in [-0.05, 0) is 25.5 Å². The van der Waals surface area contributed by atoms with Crippen LogP contribution < -0.4 is 4.72 Å². The standard InChI is InChI=1S/C9H11F3N2O2S/c1-6-3-4-13-5-8(6)17(15,16)14-7(2)9(10,11)12/h3-5,7,14H,1-2H3/t7-/m1/s1.